The monoisotopic (exact) mass is 944 g/mol. The molecule has 0 aromatic heterocycles. The fourth-order valence-corrected chi connectivity index (χ4v) is 8.59. The molecule has 0 saturated carbocycles. The molecule has 0 spiro atoms. The van der Waals surface area contributed by atoms with Gasteiger partial charge in [-0.2, -0.15) is 0 Å². The number of carbonyl (C=O) groups is 1. The molecule has 1 heterocycles. The molecule has 390 valence electrons. The molecule has 0 bridgehead atoms. The van der Waals surface area contributed by atoms with Gasteiger partial charge in [0.2, 0.25) is 5.91 Å². The smallest absolute Gasteiger partial charge is 0.220 e. The van der Waals surface area contributed by atoms with Crippen LogP contribution in [0, 0.1) is 0 Å². The Hall–Kier alpha value is -2.11. The van der Waals surface area contributed by atoms with Crippen molar-refractivity contribution in [3.05, 3.63) is 60.8 Å². The molecular formula is C58H105NO8. The Labute approximate surface area is 411 Å². The van der Waals surface area contributed by atoms with Crippen molar-refractivity contribution in [3.63, 3.8) is 0 Å². The minimum atomic E-state index is -1.58. The maximum absolute atomic E-state index is 13.0. The van der Waals surface area contributed by atoms with Crippen molar-refractivity contribution >= 4 is 5.91 Å². The lowest BCUT2D eigenvalue weighted by Crippen LogP contribution is -2.60. The van der Waals surface area contributed by atoms with E-state index in [0.29, 0.717) is 6.42 Å². The number of hydrogen-bond donors (Lipinski definition) is 6. The van der Waals surface area contributed by atoms with Crippen LogP contribution in [0.4, 0.5) is 0 Å². The van der Waals surface area contributed by atoms with Gasteiger partial charge in [-0.1, -0.05) is 229 Å². The maximum atomic E-state index is 13.0. The van der Waals surface area contributed by atoms with E-state index in [4.69, 9.17) is 9.47 Å². The third-order valence-corrected chi connectivity index (χ3v) is 13.1. The molecule has 1 aliphatic rings. The van der Waals surface area contributed by atoms with Gasteiger partial charge in [-0.05, 0) is 70.6 Å². The Kier molecular flexibility index (Phi) is 44.7. The van der Waals surface area contributed by atoms with Crippen molar-refractivity contribution in [2.75, 3.05) is 13.2 Å². The van der Waals surface area contributed by atoms with Gasteiger partial charge in [0.1, 0.15) is 24.4 Å². The van der Waals surface area contributed by atoms with E-state index in [1.54, 1.807) is 6.08 Å². The minimum absolute atomic E-state index is 0.199. The quantitative estimate of drug-likeness (QED) is 0.0261. The highest BCUT2D eigenvalue weighted by Crippen LogP contribution is 2.23. The van der Waals surface area contributed by atoms with E-state index in [1.807, 2.05) is 6.08 Å². The molecule has 7 unspecified atom stereocenters. The molecule has 1 amide bonds. The van der Waals surface area contributed by atoms with E-state index in [0.717, 1.165) is 64.2 Å². The predicted octanol–water partition coefficient (Wildman–Crippen LogP) is 13.5. The highest BCUT2D eigenvalue weighted by Gasteiger charge is 2.44. The molecule has 1 aliphatic heterocycles. The van der Waals surface area contributed by atoms with Gasteiger partial charge in [0, 0.05) is 6.42 Å². The molecule has 6 N–H and O–H groups in total. The summed E-state index contributed by atoms with van der Waals surface area (Å²) >= 11 is 0. The van der Waals surface area contributed by atoms with Crippen molar-refractivity contribution in [2.24, 2.45) is 0 Å². The Balaban J connectivity index is 2.30. The normalized spacial score (nSPS) is 20.1. The van der Waals surface area contributed by atoms with Gasteiger partial charge in [0.15, 0.2) is 6.29 Å². The molecule has 0 aromatic rings. The van der Waals surface area contributed by atoms with Crippen LogP contribution in [-0.4, -0.2) is 87.5 Å². The number of rotatable bonds is 47. The predicted molar refractivity (Wildman–Crippen MR) is 281 cm³/mol. The molecule has 67 heavy (non-hydrogen) atoms. The summed E-state index contributed by atoms with van der Waals surface area (Å²) in [5, 5.41) is 54.4. The Morgan fingerprint density at radius 1 is 0.507 bits per heavy atom. The second kappa shape index (κ2) is 47.6. The van der Waals surface area contributed by atoms with Gasteiger partial charge in [-0.15, -0.1) is 0 Å². The minimum Gasteiger partial charge on any atom is -0.394 e. The lowest BCUT2D eigenvalue weighted by atomic mass is 9.99. The van der Waals surface area contributed by atoms with Gasteiger partial charge in [0.05, 0.1) is 25.4 Å². The first-order valence-electron chi connectivity index (χ1n) is 28.0. The average molecular weight is 944 g/mol. The zero-order valence-corrected chi connectivity index (χ0v) is 43.1. The van der Waals surface area contributed by atoms with Crippen LogP contribution in [0.15, 0.2) is 60.8 Å². The van der Waals surface area contributed by atoms with E-state index in [9.17, 15) is 30.3 Å². The fraction of sp³-hybridized carbons (Fsp3) is 0.810. The van der Waals surface area contributed by atoms with Crippen LogP contribution >= 0.6 is 0 Å². The summed E-state index contributed by atoms with van der Waals surface area (Å²) in [5.74, 6) is -0.199. The summed E-state index contributed by atoms with van der Waals surface area (Å²) < 4.78 is 11.2. The second-order valence-electron chi connectivity index (χ2n) is 19.4. The maximum Gasteiger partial charge on any atom is 0.220 e. The Morgan fingerprint density at radius 2 is 0.896 bits per heavy atom. The zero-order chi connectivity index (χ0) is 48.7. The van der Waals surface area contributed by atoms with Crippen molar-refractivity contribution in [2.45, 2.75) is 288 Å². The first-order valence-corrected chi connectivity index (χ1v) is 28.0. The number of aliphatic hydroxyl groups is 5. The SMILES string of the molecule is CCCCCCC/C=C\C/C=C\C/C=C\CCCCCCCCC(=O)NC(COC1OC(CO)C(O)C(O)C1O)C(O)/C=C/CC/C=C/CCCCCCCCCCCCCCCCCCC. The number of carbonyl (C=O) groups excluding carboxylic acids is 1. The number of allylic oxidation sites excluding steroid dienone is 9. The van der Waals surface area contributed by atoms with Crippen LogP contribution in [0.5, 0.6) is 0 Å². The van der Waals surface area contributed by atoms with Gasteiger partial charge >= 0.3 is 0 Å². The third kappa shape index (κ3) is 37.4. The van der Waals surface area contributed by atoms with E-state index in [2.05, 4.69) is 67.8 Å². The molecule has 0 aliphatic carbocycles. The summed E-state index contributed by atoms with van der Waals surface area (Å²) in [4.78, 5) is 13.0. The van der Waals surface area contributed by atoms with Crippen LogP contribution < -0.4 is 5.32 Å². The standard InChI is InChI=1S/C58H105NO8/c1-3-5-7-9-11-13-15-17-19-21-23-25-26-28-29-31-33-35-37-39-41-43-45-47-52(61)51(50-66-58-57(65)56(64)55(63)53(49-60)67-58)59-54(62)48-46-44-42-40-38-36-34-32-30-27-24-22-20-18-16-14-12-10-8-6-4-2/h16,18,22,24,30,32,37,39,45,47,51-53,55-58,60-61,63-65H,3-15,17,19-21,23,25-29,31,33-36,38,40-44,46,48-50H2,1-2H3,(H,59,62)/b18-16-,24-22-,32-30-,39-37+,47-45+. The molecule has 1 saturated heterocycles. The molecule has 9 nitrogen and oxygen atoms in total. The lowest BCUT2D eigenvalue weighted by Gasteiger charge is -2.40. The second-order valence-corrected chi connectivity index (χ2v) is 19.4. The van der Waals surface area contributed by atoms with Gasteiger partial charge < -0.3 is 40.3 Å². The first-order chi connectivity index (χ1) is 32.8. The molecule has 0 radical (unpaired) electrons. The number of ether oxygens (including phenoxy) is 2. The number of unbranched alkanes of at least 4 members (excludes halogenated alkanes) is 29. The van der Waals surface area contributed by atoms with Crippen molar-refractivity contribution in [3.8, 4) is 0 Å². The average Bonchev–Trinajstić information content (AvgIpc) is 3.33. The van der Waals surface area contributed by atoms with Crippen molar-refractivity contribution in [1.29, 1.82) is 0 Å². The van der Waals surface area contributed by atoms with Gasteiger partial charge in [0.25, 0.3) is 0 Å². The Bertz CT molecular complexity index is 1230. The molecule has 0 aromatic carbocycles. The van der Waals surface area contributed by atoms with Gasteiger partial charge in [-0.25, -0.2) is 0 Å². The third-order valence-electron chi connectivity index (χ3n) is 13.1. The first kappa shape index (κ1) is 62.9. The topological polar surface area (TPSA) is 149 Å². The number of aliphatic hydroxyl groups excluding tert-OH is 5. The largest absolute Gasteiger partial charge is 0.394 e. The van der Waals surface area contributed by atoms with Crippen LogP contribution in [0.25, 0.3) is 0 Å². The number of hydrogen-bond acceptors (Lipinski definition) is 8. The number of amides is 1. The number of nitrogens with one attached hydrogen (secondary N) is 1. The lowest BCUT2D eigenvalue weighted by molar-refractivity contribution is -0.302. The molecule has 7 atom stereocenters. The summed E-state index contributed by atoms with van der Waals surface area (Å²) in [5.41, 5.74) is 0. The van der Waals surface area contributed by atoms with Crippen LogP contribution in [0.3, 0.4) is 0 Å². The summed E-state index contributed by atoms with van der Waals surface area (Å²) in [6.07, 6.45) is 57.1. The zero-order valence-electron chi connectivity index (χ0n) is 43.1. The van der Waals surface area contributed by atoms with Crippen LogP contribution in [0.1, 0.15) is 245 Å². The van der Waals surface area contributed by atoms with Gasteiger partial charge in [-0.3, -0.25) is 4.79 Å². The summed E-state index contributed by atoms with van der Waals surface area (Å²) in [7, 11) is 0. The fourth-order valence-electron chi connectivity index (χ4n) is 8.59. The summed E-state index contributed by atoms with van der Waals surface area (Å²) in [6, 6.07) is -0.832. The highest BCUT2D eigenvalue weighted by atomic mass is 16.7. The van der Waals surface area contributed by atoms with Crippen LogP contribution in [-0.2, 0) is 14.3 Å². The van der Waals surface area contributed by atoms with Crippen molar-refractivity contribution in [1.82, 2.24) is 5.32 Å². The molecule has 1 fully saturated rings. The molecule has 1 rings (SSSR count). The van der Waals surface area contributed by atoms with E-state index < -0.39 is 49.5 Å². The molecule has 9 heteroatoms. The van der Waals surface area contributed by atoms with Crippen molar-refractivity contribution < 1.29 is 39.8 Å². The van der Waals surface area contributed by atoms with E-state index >= 15 is 0 Å². The highest BCUT2D eigenvalue weighted by molar-refractivity contribution is 5.76. The Morgan fingerprint density at radius 3 is 1.36 bits per heavy atom. The van der Waals surface area contributed by atoms with Crippen LogP contribution in [0.2, 0.25) is 0 Å². The summed E-state index contributed by atoms with van der Waals surface area (Å²) in [6.45, 7) is 3.76. The molecular weight excluding hydrogens is 839 g/mol. The van der Waals surface area contributed by atoms with E-state index in [-0.39, 0.29) is 12.5 Å². The van der Waals surface area contributed by atoms with E-state index in [1.165, 1.54) is 161 Å².